The van der Waals surface area contributed by atoms with Crippen molar-refractivity contribution >= 4 is 32.8 Å². The van der Waals surface area contributed by atoms with Crippen LogP contribution in [0.5, 0.6) is 0 Å². The first-order valence-corrected chi connectivity index (χ1v) is 14.0. The van der Waals surface area contributed by atoms with Crippen LogP contribution >= 0.6 is 11.8 Å². The molecule has 3 aromatic heterocycles. The molecule has 1 fully saturated rings. The maximum Gasteiger partial charge on any atom is 0.330 e. The van der Waals surface area contributed by atoms with Gasteiger partial charge in [-0.25, -0.2) is 18.2 Å². The van der Waals surface area contributed by atoms with Gasteiger partial charge in [0, 0.05) is 26.6 Å². The fourth-order valence-electron chi connectivity index (χ4n) is 4.26. The summed E-state index contributed by atoms with van der Waals surface area (Å²) in [7, 11) is -1.06. The van der Waals surface area contributed by atoms with E-state index in [0.717, 1.165) is 18.7 Å². The second kappa shape index (κ2) is 9.45. The number of hydrogen-bond acceptors (Lipinski definition) is 8. The molecule has 4 heterocycles. The van der Waals surface area contributed by atoms with Crippen LogP contribution < -0.4 is 11.2 Å². The minimum Gasteiger partial charge on any atom is -0.322 e. The highest BCUT2D eigenvalue weighted by molar-refractivity contribution is 7.98. The first-order chi connectivity index (χ1) is 15.7. The summed E-state index contributed by atoms with van der Waals surface area (Å²) >= 11 is 1.45. The van der Waals surface area contributed by atoms with E-state index in [1.165, 1.54) is 16.3 Å². The molecule has 0 radical (unpaired) electrons. The normalized spacial score (nSPS) is 17.8. The van der Waals surface area contributed by atoms with E-state index in [2.05, 4.69) is 20.2 Å². The van der Waals surface area contributed by atoms with Gasteiger partial charge in [0.05, 0.1) is 17.3 Å². The first kappa shape index (κ1) is 23.7. The molecule has 0 amide bonds. The van der Waals surface area contributed by atoms with Gasteiger partial charge in [0.25, 0.3) is 5.56 Å². The summed E-state index contributed by atoms with van der Waals surface area (Å²) < 4.78 is 28.7. The quantitative estimate of drug-likeness (QED) is 0.436. The molecule has 180 valence electrons. The van der Waals surface area contributed by atoms with E-state index in [1.807, 2.05) is 30.0 Å². The lowest BCUT2D eigenvalue weighted by Crippen LogP contribution is -2.31. The fraction of sp³-hybridized carbons (Fsp3) is 0.650. The van der Waals surface area contributed by atoms with Crippen LogP contribution in [0.4, 0.5) is 0 Å². The van der Waals surface area contributed by atoms with Gasteiger partial charge in [-0.3, -0.25) is 14.3 Å². The van der Waals surface area contributed by atoms with Gasteiger partial charge in [0.2, 0.25) is 0 Å². The molecule has 1 N–H and O–H groups in total. The zero-order valence-corrected chi connectivity index (χ0v) is 20.7. The monoisotopic (exact) mass is 495 g/mol. The van der Waals surface area contributed by atoms with Crippen molar-refractivity contribution < 1.29 is 8.42 Å². The van der Waals surface area contributed by atoms with E-state index in [4.69, 9.17) is 0 Å². The smallest absolute Gasteiger partial charge is 0.322 e. The Morgan fingerprint density at radius 1 is 1.15 bits per heavy atom. The van der Waals surface area contributed by atoms with Crippen molar-refractivity contribution in [3.05, 3.63) is 32.5 Å². The number of fused-ring (bicyclic) bond motifs is 1. The van der Waals surface area contributed by atoms with Crippen molar-refractivity contribution in [1.29, 1.82) is 0 Å². The highest BCUT2D eigenvalue weighted by atomic mass is 32.2. The number of aromatic amines is 1. The molecular weight excluding hydrogens is 466 g/mol. The Balaban J connectivity index is 1.57. The van der Waals surface area contributed by atoms with Gasteiger partial charge in [-0.1, -0.05) is 25.1 Å². The van der Waals surface area contributed by atoms with Crippen LogP contribution in [-0.2, 0) is 42.1 Å². The Bertz CT molecular complexity index is 1380. The van der Waals surface area contributed by atoms with E-state index in [-0.39, 0.29) is 17.4 Å². The fourth-order valence-corrected chi connectivity index (χ4v) is 7.00. The van der Waals surface area contributed by atoms with Crippen LogP contribution in [0.25, 0.3) is 11.2 Å². The second-order valence-electron chi connectivity index (χ2n) is 8.43. The number of sulfone groups is 1. The van der Waals surface area contributed by atoms with Crippen LogP contribution in [0.3, 0.4) is 0 Å². The van der Waals surface area contributed by atoms with E-state index in [1.54, 1.807) is 0 Å². The van der Waals surface area contributed by atoms with E-state index in [0.29, 0.717) is 53.8 Å². The molecule has 0 aromatic carbocycles. The Hall–Kier alpha value is -2.41. The van der Waals surface area contributed by atoms with Crippen LogP contribution in [0.1, 0.15) is 44.8 Å². The molecule has 0 aliphatic carbocycles. The zero-order chi connectivity index (χ0) is 23.8. The number of rotatable bonds is 9. The van der Waals surface area contributed by atoms with Gasteiger partial charge in [-0.2, -0.15) is 0 Å². The summed E-state index contributed by atoms with van der Waals surface area (Å²) in [6.45, 7) is 5.02. The third-order valence-corrected chi connectivity index (χ3v) is 8.92. The van der Waals surface area contributed by atoms with Crippen LogP contribution in [0.2, 0.25) is 0 Å². The minimum absolute atomic E-state index is 0.0756. The van der Waals surface area contributed by atoms with Crippen LogP contribution in [-0.4, -0.2) is 53.8 Å². The number of aryl methyl sites for hydroxylation is 2. The number of nitrogens with zero attached hydrogens (tertiary/aromatic N) is 6. The van der Waals surface area contributed by atoms with Gasteiger partial charge < -0.3 is 9.13 Å². The lowest BCUT2D eigenvalue weighted by Gasteiger charge is -2.08. The molecule has 3 aromatic rings. The lowest BCUT2D eigenvalue weighted by molar-refractivity contribution is 0.552. The predicted octanol–water partition coefficient (Wildman–Crippen LogP) is 1.10. The molecule has 1 atom stereocenters. The molecule has 1 aliphatic rings. The molecule has 4 rings (SSSR count). The maximum absolute atomic E-state index is 12.6. The number of H-pyrrole nitrogens is 1. The third kappa shape index (κ3) is 4.79. The van der Waals surface area contributed by atoms with Crippen LogP contribution in [0, 0.1) is 5.92 Å². The number of unbranched alkanes of at least 4 members (excludes halogenated alkanes) is 1. The van der Waals surface area contributed by atoms with Gasteiger partial charge in [0.15, 0.2) is 26.2 Å². The van der Waals surface area contributed by atoms with Gasteiger partial charge in [-0.15, -0.1) is 10.2 Å². The van der Waals surface area contributed by atoms with Crippen molar-refractivity contribution in [2.24, 2.45) is 13.0 Å². The first-order valence-electron chi connectivity index (χ1n) is 11.2. The van der Waals surface area contributed by atoms with Crippen molar-refractivity contribution in [1.82, 2.24) is 33.9 Å². The van der Waals surface area contributed by atoms with Crippen molar-refractivity contribution in [2.45, 2.75) is 63.5 Å². The number of hydrogen-bond donors (Lipinski definition) is 1. The molecule has 1 aliphatic heterocycles. The molecular formula is C20H29N7O4S2. The molecule has 13 heteroatoms. The number of nitrogens with one attached hydrogen (secondary N) is 1. The van der Waals surface area contributed by atoms with E-state index in [9.17, 15) is 18.0 Å². The number of thioether (sulfide) groups is 1. The van der Waals surface area contributed by atoms with Crippen molar-refractivity contribution in [3.63, 3.8) is 0 Å². The predicted molar refractivity (Wildman–Crippen MR) is 126 cm³/mol. The van der Waals surface area contributed by atoms with E-state index < -0.39 is 21.1 Å². The Kier molecular flexibility index (Phi) is 6.80. The topological polar surface area (TPSA) is 138 Å². The Morgan fingerprint density at radius 2 is 1.94 bits per heavy atom. The summed E-state index contributed by atoms with van der Waals surface area (Å²) in [5, 5.41) is 9.23. The van der Waals surface area contributed by atoms with Crippen molar-refractivity contribution in [3.8, 4) is 0 Å². The average molecular weight is 496 g/mol. The summed E-state index contributed by atoms with van der Waals surface area (Å²) in [5.74, 6) is 2.42. The van der Waals surface area contributed by atoms with E-state index >= 15 is 0 Å². The molecule has 11 nitrogen and oxygen atoms in total. The summed E-state index contributed by atoms with van der Waals surface area (Å²) in [4.78, 5) is 32.0. The highest BCUT2D eigenvalue weighted by Gasteiger charge is 2.29. The standard InChI is InChI=1S/C20H29N7O4S2/c1-4-6-8-27-17-16(18(28)22-19(27)29)26(5-2)15(21-17)11-32-20-24-23-14(25(20)3)10-13-7-9-33(30,31)12-13/h13H,4-12H2,1-3H3,(H,22,28,29). The highest BCUT2D eigenvalue weighted by Crippen LogP contribution is 2.26. The third-order valence-electron chi connectivity index (χ3n) is 6.07. The van der Waals surface area contributed by atoms with Gasteiger partial charge >= 0.3 is 5.69 Å². The molecule has 0 bridgehead atoms. The summed E-state index contributed by atoms with van der Waals surface area (Å²) in [5.41, 5.74) is -0.0470. The summed E-state index contributed by atoms with van der Waals surface area (Å²) in [6, 6.07) is 0. The lowest BCUT2D eigenvalue weighted by atomic mass is 10.1. The zero-order valence-electron chi connectivity index (χ0n) is 19.1. The molecule has 0 saturated carbocycles. The van der Waals surface area contributed by atoms with Gasteiger partial charge in [0.1, 0.15) is 11.6 Å². The average Bonchev–Trinajstić information content (AvgIpc) is 3.42. The maximum atomic E-state index is 12.6. The molecule has 1 saturated heterocycles. The molecule has 0 spiro atoms. The number of aromatic nitrogens is 7. The SMILES string of the molecule is CCCCn1c(=O)[nH]c(=O)c2c1nc(CSc1nnc(CC3CCS(=O)(=O)C3)n1C)n2CC. The largest absolute Gasteiger partial charge is 0.330 e. The van der Waals surface area contributed by atoms with Crippen LogP contribution in [0.15, 0.2) is 14.7 Å². The Labute approximate surface area is 195 Å². The molecule has 33 heavy (non-hydrogen) atoms. The van der Waals surface area contributed by atoms with Crippen molar-refractivity contribution in [2.75, 3.05) is 11.5 Å². The Morgan fingerprint density at radius 3 is 2.61 bits per heavy atom. The summed E-state index contributed by atoms with van der Waals surface area (Å²) in [6.07, 6.45) is 2.97. The second-order valence-corrected chi connectivity index (χ2v) is 11.6. The minimum atomic E-state index is -2.93. The molecule has 1 unspecified atom stereocenters. The van der Waals surface area contributed by atoms with Gasteiger partial charge in [-0.05, 0) is 25.7 Å². The number of imidazole rings is 1.